The smallest absolute Gasteiger partial charge is 0.338 e. The molecule has 1 aliphatic rings. The van der Waals surface area contributed by atoms with Gasteiger partial charge >= 0.3 is 18.0 Å². The molecular weight excluding hydrogens is 344 g/mol. The molecule has 0 saturated heterocycles. The maximum atomic E-state index is 12.2. The van der Waals surface area contributed by atoms with Crippen molar-refractivity contribution in [2.45, 2.75) is 26.3 Å². The molecule has 0 radical (unpaired) electrons. The molecule has 1 aromatic rings. The summed E-state index contributed by atoms with van der Waals surface area (Å²) < 4.78 is 10.2. The van der Waals surface area contributed by atoms with Crippen LogP contribution in [0.1, 0.15) is 25.1 Å². The highest BCUT2D eigenvalue weighted by molar-refractivity contribution is 7.10. The Kier molecular flexibility index (Phi) is 6.76. The van der Waals surface area contributed by atoms with Crippen molar-refractivity contribution in [2.24, 2.45) is 0 Å². The Hall–Kier alpha value is -2.61. The van der Waals surface area contributed by atoms with E-state index in [-0.39, 0.29) is 24.5 Å². The Morgan fingerprint density at radius 2 is 2.12 bits per heavy atom. The van der Waals surface area contributed by atoms with Gasteiger partial charge in [0.2, 0.25) is 0 Å². The van der Waals surface area contributed by atoms with E-state index >= 15 is 0 Å². The van der Waals surface area contributed by atoms with Gasteiger partial charge in [0.15, 0.2) is 0 Å². The van der Waals surface area contributed by atoms with Crippen LogP contribution in [0.3, 0.4) is 0 Å². The van der Waals surface area contributed by atoms with Gasteiger partial charge in [-0.2, -0.15) is 0 Å². The molecule has 0 aliphatic carbocycles. The molecule has 2 N–H and O–H groups in total. The highest BCUT2D eigenvalue weighted by Crippen LogP contribution is 2.17. The van der Waals surface area contributed by atoms with Gasteiger partial charge in [0.25, 0.3) is 0 Å². The Bertz CT molecular complexity index is 694. The van der Waals surface area contributed by atoms with Crippen LogP contribution in [0.2, 0.25) is 0 Å². The number of esters is 2. The third-order valence-corrected chi connectivity index (χ3v) is 4.27. The Labute approximate surface area is 149 Å². The summed E-state index contributed by atoms with van der Waals surface area (Å²) in [4.78, 5) is 36.7. The summed E-state index contributed by atoms with van der Waals surface area (Å²) in [7, 11) is 0. The van der Waals surface area contributed by atoms with Crippen LogP contribution in [0.4, 0.5) is 4.79 Å². The first-order valence-corrected chi connectivity index (χ1v) is 8.79. The minimum Gasteiger partial charge on any atom is -0.463 e. The summed E-state index contributed by atoms with van der Waals surface area (Å²) in [5, 5.41) is 7.08. The van der Waals surface area contributed by atoms with Crippen LogP contribution in [0.25, 0.3) is 6.08 Å². The monoisotopic (exact) mass is 364 g/mol. The number of hydrogen-bond acceptors (Lipinski definition) is 6. The number of carbonyl (C=O) groups excluding carboxylic acids is 3. The van der Waals surface area contributed by atoms with Crippen molar-refractivity contribution in [3.63, 3.8) is 0 Å². The lowest BCUT2D eigenvalue weighted by Crippen LogP contribution is -2.51. The molecule has 0 spiro atoms. The second kappa shape index (κ2) is 9.03. The van der Waals surface area contributed by atoms with E-state index in [2.05, 4.69) is 10.6 Å². The number of carbonyl (C=O) groups is 3. The van der Waals surface area contributed by atoms with Crippen molar-refractivity contribution in [3.8, 4) is 0 Å². The predicted molar refractivity (Wildman–Crippen MR) is 93.7 cm³/mol. The van der Waals surface area contributed by atoms with Crippen molar-refractivity contribution >= 4 is 35.4 Å². The van der Waals surface area contributed by atoms with Crippen LogP contribution in [0.5, 0.6) is 0 Å². The van der Waals surface area contributed by atoms with Crippen LogP contribution >= 0.6 is 11.3 Å². The molecule has 7 nitrogen and oxygen atoms in total. The number of nitrogens with one attached hydrogen (secondary N) is 2. The summed E-state index contributed by atoms with van der Waals surface area (Å²) in [5.74, 6) is -1.10. The first-order chi connectivity index (χ1) is 12.0. The van der Waals surface area contributed by atoms with E-state index in [1.807, 2.05) is 24.4 Å². The number of ether oxygens (including phenoxy) is 2. The number of thiophene rings is 1. The number of amides is 2. The fourth-order valence-electron chi connectivity index (χ4n) is 2.30. The fraction of sp³-hybridized carbons (Fsp3) is 0.353. The van der Waals surface area contributed by atoms with E-state index in [0.717, 1.165) is 4.88 Å². The Morgan fingerprint density at radius 3 is 2.76 bits per heavy atom. The van der Waals surface area contributed by atoms with Crippen LogP contribution in [0, 0.1) is 0 Å². The van der Waals surface area contributed by atoms with Gasteiger partial charge in [0, 0.05) is 11.0 Å². The SMILES string of the molecule is CCOC(=O)C1=C(COC(=O)/C=C/c2cccs2)NC(=O)N[C@H]1CC. The summed E-state index contributed by atoms with van der Waals surface area (Å²) in [6.07, 6.45) is 3.46. The topological polar surface area (TPSA) is 93.7 Å². The van der Waals surface area contributed by atoms with Gasteiger partial charge < -0.3 is 20.1 Å². The maximum absolute atomic E-state index is 12.2. The van der Waals surface area contributed by atoms with Crippen molar-refractivity contribution < 1.29 is 23.9 Å². The molecule has 0 aromatic carbocycles. The van der Waals surface area contributed by atoms with Crippen molar-refractivity contribution in [3.05, 3.63) is 39.7 Å². The minimum absolute atomic E-state index is 0.212. The summed E-state index contributed by atoms with van der Waals surface area (Å²) in [5.41, 5.74) is 0.519. The van der Waals surface area contributed by atoms with Crippen LogP contribution < -0.4 is 10.6 Å². The van der Waals surface area contributed by atoms with E-state index in [0.29, 0.717) is 6.42 Å². The standard InChI is InChI=1S/C17H20N2O5S/c1-3-12-15(16(21)23-4-2)13(19-17(22)18-12)10-24-14(20)8-7-11-6-5-9-25-11/h5-9,12H,3-4,10H2,1-2H3,(H2,18,19,22)/b8-7+/t12-/m0/s1. The van der Waals surface area contributed by atoms with Gasteiger partial charge in [0.1, 0.15) is 6.61 Å². The molecule has 0 bridgehead atoms. The molecule has 25 heavy (non-hydrogen) atoms. The normalized spacial score (nSPS) is 17.2. The average Bonchev–Trinajstić information content (AvgIpc) is 3.11. The molecule has 1 aliphatic heterocycles. The molecule has 0 fully saturated rings. The average molecular weight is 364 g/mol. The van der Waals surface area contributed by atoms with E-state index in [4.69, 9.17) is 9.47 Å². The summed E-state index contributed by atoms with van der Waals surface area (Å²) >= 11 is 1.49. The molecule has 2 heterocycles. The second-order valence-corrected chi connectivity index (χ2v) is 6.11. The molecule has 1 atom stereocenters. The van der Waals surface area contributed by atoms with Gasteiger partial charge in [-0.25, -0.2) is 14.4 Å². The van der Waals surface area contributed by atoms with Gasteiger partial charge in [-0.05, 0) is 30.9 Å². The van der Waals surface area contributed by atoms with E-state index in [1.165, 1.54) is 17.4 Å². The Balaban J connectivity index is 2.10. The molecule has 2 amide bonds. The van der Waals surface area contributed by atoms with Crippen molar-refractivity contribution in [1.82, 2.24) is 10.6 Å². The molecule has 1 aromatic heterocycles. The van der Waals surface area contributed by atoms with E-state index in [1.54, 1.807) is 13.0 Å². The number of rotatable bonds is 7. The van der Waals surface area contributed by atoms with Crippen LogP contribution in [-0.4, -0.2) is 37.2 Å². The van der Waals surface area contributed by atoms with Crippen LogP contribution in [-0.2, 0) is 19.1 Å². The maximum Gasteiger partial charge on any atom is 0.338 e. The number of urea groups is 1. The number of hydrogen-bond donors (Lipinski definition) is 2. The van der Waals surface area contributed by atoms with E-state index in [9.17, 15) is 14.4 Å². The third-order valence-electron chi connectivity index (χ3n) is 3.43. The molecular formula is C17H20N2O5S. The molecule has 134 valence electrons. The molecule has 2 rings (SSSR count). The minimum atomic E-state index is -0.565. The highest BCUT2D eigenvalue weighted by Gasteiger charge is 2.31. The van der Waals surface area contributed by atoms with Crippen LogP contribution in [0.15, 0.2) is 34.9 Å². The second-order valence-electron chi connectivity index (χ2n) is 5.13. The lowest BCUT2D eigenvalue weighted by Gasteiger charge is -2.28. The van der Waals surface area contributed by atoms with Gasteiger partial charge in [-0.1, -0.05) is 13.0 Å². The van der Waals surface area contributed by atoms with Crippen molar-refractivity contribution in [1.29, 1.82) is 0 Å². The largest absolute Gasteiger partial charge is 0.463 e. The lowest BCUT2D eigenvalue weighted by atomic mass is 10.0. The summed E-state index contributed by atoms with van der Waals surface area (Å²) in [6, 6.07) is 2.82. The molecule has 0 saturated carbocycles. The zero-order chi connectivity index (χ0) is 18.2. The Morgan fingerprint density at radius 1 is 1.32 bits per heavy atom. The third kappa shape index (κ3) is 5.18. The highest BCUT2D eigenvalue weighted by atomic mass is 32.1. The predicted octanol–water partition coefficient (Wildman–Crippen LogP) is 2.21. The van der Waals surface area contributed by atoms with Gasteiger partial charge in [0.05, 0.1) is 23.9 Å². The molecule has 8 heteroatoms. The first kappa shape index (κ1) is 18.7. The van der Waals surface area contributed by atoms with E-state index < -0.39 is 24.0 Å². The van der Waals surface area contributed by atoms with Gasteiger partial charge in [-0.15, -0.1) is 11.3 Å². The quantitative estimate of drug-likeness (QED) is 0.571. The van der Waals surface area contributed by atoms with Crippen molar-refractivity contribution in [2.75, 3.05) is 13.2 Å². The lowest BCUT2D eigenvalue weighted by molar-refractivity contribution is -0.140. The zero-order valence-electron chi connectivity index (χ0n) is 14.0. The zero-order valence-corrected chi connectivity index (χ0v) is 14.9. The van der Waals surface area contributed by atoms with Gasteiger partial charge in [-0.3, -0.25) is 0 Å². The first-order valence-electron chi connectivity index (χ1n) is 7.91. The molecule has 0 unspecified atom stereocenters. The summed E-state index contributed by atoms with van der Waals surface area (Å²) in [6.45, 7) is 3.53. The fourth-order valence-corrected chi connectivity index (χ4v) is 2.92.